The summed E-state index contributed by atoms with van der Waals surface area (Å²) < 4.78 is 11.0. The quantitative estimate of drug-likeness (QED) is 0.446. The molecule has 1 aromatic rings. The molecule has 1 fully saturated rings. The van der Waals surface area contributed by atoms with Gasteiger partial charge >= 0.3 is 0 Å². The number of guanidine groups is 1. The first kappa shape index (κ1) is 19.7. The van der Waals surface area contributed by atoms with Gasteiger partial charge in [0.25, 0.3) is 0 Å². The van der Waals surface area contributed by atoms with E-state index in [1.54, 1.807) is 7.11 Å². The van der Waals surface area contributed by atoms with E-state index in [1.165, 1.54) is 11.1 Å². The lowest BCUT2D eigenvalue weighted by atomic mass is 10.1. The van der Waals surface area contributed by atoms with Gasteiger partial charge in [0.2, 0.25) is 0 Å². The van der Waals surface area contributed by atoms with Gasteiger partial charge in [-0.15, -0.1) is 0 Å². The molecule has 0 spiro atoms. The summed E-state index contributed by atoms with van der Waals surface area (Å²) in [6.45, 7) is 9.40. The van der Waals surface area contributed by atoms with Crippen LogP contribution in [0, 0.1) is 6.92 Å². The maximum atomic E-state index is 5.95. The van der Waals surface area contributed by atoms with Crippen LogP contribution in [0.25, 0.3) is 0 Å². The van der Waals surface area contributed by atoms with Gasteiger partial charge < -0.3 is 19.7 Å². The number of rotatable bonds is 8. The zero-order chi connectivity index (χ0) is 17.9. The number of aryl methyl sites for hydroxylation is 1. The molecule has 25 heavy (non-hydrogen) atoms. The van der Waals surface area contributed by atoms with Crippen LogP contribution in [0.2, 0.25) is 0 Å². The first-order valence-electron chi connectivity index (χ1n) is 9.42. The number of piperidine rings is 1. The second-order valence-corrected chi connectivity index (χ2v) is 6.56. The van der Waals surface area contributed by atoms with E-state index in [1.807, 2.05) is 0 Å². The minimum Gasteiger partial charge on any atom is -0.385 e. The zero-order valence-corrected chi connectivity index (χ0v) is 16.0. The van der Waals surface area contributed by atoms with Crippen LogP contribution in [-0.2, 0) is 16.0 Å². The van der Waals surface area contributed by atoms with Crippen molar-refractivity contribution in [1.29, 1.82) is 0 Å². The van der Waals surface area contributed by atoms with Crippen LogP contribution in [0.5, 0.6) is 0 Å². The Labute approximate surface area is 152 Å². The molecule has 0 amide bonds. The Morgan fingerprint density at radius 3 is 2.76 bits per heavy atom. The van der Waals surface area contributed by atoms with Crippen molar-refractivity contribution in [3.05, 3.63) is 35.4 Å². The first-order valence-corrected chi connectivity index (χ1v) is 9.42. The SMILES string of the molecule is CCNC(=NCc1cccc(C)c1)N1CCC(OCCCOC)CC1. The Morgan fingerprint density at radius 2 is 2.08 bits per heavy atom. The van der Waals surface area contributed by atoms with Gasteiger partial charge in [0.1, 0.15) is 0 Å². The maximum Gasteiger partial charge on any atom is 0.194 e. The van der Waals surface area contributed by atoms with Gasteiger partial charge in [0, 0.05) is 40.0 Å². The topological polar surface area (TPSA) is 46.1 Å². The van der Waals surface area contributed by atoms with Crippen LogP contribution in [0.15, 0.2) is 29.3 Å². The van der Waals surface area contributed by atoms with Gasteiger partial charge in [-0.1, -0.05) is 29.8 Å². The Balaban J connectivity index is 1.83. The Bertz CT molecular complexity index is 525. The fourth-order valence-corrected chi connectivity index (χ4v) is 3.09. The minimum atomic E-state index is 0.368. The summed E-state index contributed by atoms with van der Waals surface area (Å²) in [5, 5.41) is 3.43. The van der Waals surface area contributed by atoms with E-state index in [9.17, 15) is 0 Å². The predicted octanol–water partition coefficient (Wildman–Crippen LogP) is 2.98. The van der Waals surface area contributed by atoms with Crippen molar-refractivity contribution in [2.45, 2.75) is 45.8 Å². The monoisotopic (exact) mass is 347 g/mol. The zero-order valence-electron chi connectivity index (χ0n) is 16.0. The van der Waals surface area contributed by atoms with E-state index in [2.05, 4.69) is 48.3 Å². The highest BCUT2D eigenvalue weighted by molar-refractivity contribution is 5.80. The van der Waals surface area contributed by atoms with E-state index in [0.717, 1.165) is 64.6 Å². The van der Waals surface area contributed by atoms with E-state index < -0.39 is 0 Å². The fraction of sp³-hybridized carbons (Fsp3) is 0.650. The average Bonchev–Trinajstić information content (AvgIpc) is 2.63. The highest BCUT2D eigenvalue weighted by atomic mass is 16.5. The molecule has 2 rings (SSSR count). The van der Waals surface area contributed by atoms with Crippen molar-refractivity contribution >= 4 is 5.96 Å². The van der Waals surface area contributed by atoms with Gasteiger partial charge in [-0.2, -0.15) is 0 Å². The predicted molar refractivity (Wildman–Crippen MR) is 103 cm³/mol. The van der Waals surface area contributed by atoms with Crippen LogP contribution in [0.4, 0.5) is 0 Å². The van der Waals surface area contributed by atoms with E-state index in [0.29, 0.717) is 6.10 Å². The fourth-order valence-electron chi connectivity index (χ4n) is 3.09. The molecule has 1 aliphatic rings. The van der Waals surface area contributed by atoms with Crippen molar-refractivity contribution in [2.75, 3.05) is 40.0 Å². The largest absolute Gasteiger partial charge is 0.385 e. The summed E-state index contributed by atoms with van der Waals surface area (Å²) in [6.07, 6.45) is 3.45. The molecular formula is C20H33N3O2. The molecule has 0 radical (unpaired) electrons. The summed E-state index contributed by atoms with van der Waals surface area (Å²) in [7, 11) is 1.73. The highest BCUT2D eigenvalue weighted by Crippen LogP contribution is 2.15. The van der Waals surface area contributed by atoms with Crippen molar-refractivity contribution in [1.82, 2.24) is 10.2 Å². The number of benzene rings is 1. The van der Waals surface area contributed by atoms with E-state index in [4.69, 9.17) is 14.5 Å². The third kappa shape index (κ3) is 7.04. The number of nitrogens with one attached hydrogen (secondary N) is 1. The number of ether oxygens (including phenoxy) is 2. The van der Waals surface area contributed by atoms with E-state index in [-0.39, 0.29) is 0 Å². The van der Waals surface area contributed by atoms with Gasteiger partial charge in [-0.05, 0) is 38.7 Å². The first-order chi connectivity index (χ1) is 12.2. The number of nitrogens with zero attached hydrogens (tertiary/aromatic N) is 2. The van der Waals surface area contributed by atoms with Crippen LogP contribution in [-0.4, -0.2) is 56.9 Å². The minimum absolute atomic E-state index is 0.368. The summed E-state index contributed by atoms with van der Waals surface area (Å²) in [5.74, 6) is 1.02. The molecule has 1 aliphatic heterocycles. The highest BCUT2D eigenvalue weighted by Gasteiger charge is 2.21. The molecule has 0 saturated carbocycles. The van der Waals surface area contributed by atoms with Crippen LogP contribution < -0.4 is 5.32 Å². The number of likely N-dealkylation sites (tertiary alicyclic amines) is 1. The summed E-state index contributed by atoms with van der Waals surface area (Å²) in [6, 6.07) is 8.56. The molecule has 0 atom stereocenters. The summed E-state index contributed by atoms with van der Waals surface area (Å²) in [4.78, 5) is 7.19. The number of hydrogen-bond acceptors (Lipinski definition) is 3. The van der Waals surface area contributed by atoms with Crippen LogP contribution >= 0.6 is 0 Å². The van der Waals surface area contributed by atoms with Crippen molar-refractivity contribution in [2.24, 2.45) is 4.99 Å². The lowest BCUT2D eigenvalue weighted by Gasteiger charge is -2.34. The molecule has 5 nitrogen and oxygen atoms in total. The number of aliphatic imine (C=N–C) groups is 1. The van der Waals surface area contributed by atoms with Gasteiger partial charge in [-0.25, -0.2) is 4.99 Å². The summed E-state index contributed by atoms with van der Waals surface area (Å²) >= 11 is 0. The molecule has 1 heterocycles. The van der Waals surface area contributed by atoms with Crippen LogP contribution in [0.3, 0.4) is 0 Å². The van der Waals surface area contributed by atoms with Crippen LogP contribution in [0.1, 0.15) is 37.3 Å². The normalized spacial score (nSPS) is 16.3. The smallest absolute Gasteiger partial charge is 0.194 e. The van der Waals surface area contributed by atoms with Gasteiger partial charge in [0.15, 0.2) is 5.96 Å². The van der Waals surface area contributed by atoms with E-state index >= 15 is 0 Å². The molecule has 0 aromatic heterocycles. The lowest BCUT2D eigenvalue weighted by Crippen LogP contribution is -2.47. The van der Waals surface area contributed by atoms with Crippen molar-refractivity contribution in [3.63, 3.8) is 0 Å². The van der Waals surface area contributed by atoms with Crippen molar-refractivity contribution < 1.29 is 9.47 Å². The third-order valence-electron chi connectivity index (χ3n) is 4.42. The second-order valence-electron chi connectivity index (χ2n) is 6.56. The van der Waals surface area contributed by atoms with Crippen molar-refractivity contribution in [3.8, 4) is 0 Å². The molecule has 0 unspecified atom stereocenters. The van der Waals surface area contributed by atoms with Gasteiger partial charge in [-0.3, -0.25) is 0 Å². The molecular weight excluding hydrogens is 314 g/mol. The number of methoxy groups -OCH3 is 1. The molecule has 1 N–H and O–H groups in total. The average molecular weight is 348 g/mol. The Morgan fingerprint density at radius 1 is 1.28 bits per heavy atom. The molecule has 1 aromatic carbocycles. The molecule has 140 valence electrons. The van der Waals surface area contributed by atoms with Gasteiger partial charge in [0.05, 0.1) is 12.6 Å². The maximum absolute atomic E-state index is 5.95. The lowest BCUT2D eigenvalue weighted by molar-refractivity contribution is 0.00990. The summed E-state index contributed by atoms with van der Waals surface area (Å²) in [5.41, 5.74) is 2.54. The Kier molecular flexibility index (Phi) is 8.77. The molecule has 0 aliphatic carbocycles. The third-order valence-corrected chi connectivity index (χ3v) is 4.42. The molecule has 1 saturated heterocycles. The molecule has 5 heteroatoms. The Hall–Kier alpha value is -1.59. The standard InChI is InChI=1S/C20H33N3O2/c1-4-21-20(22-16-18-8-5-7-17(2)15-18)23-11-9-19(10-12-23)25-14-6-13-24-3/h5,7-8,15,19H,4,6,9-14,16H2,1-3H3,(H,21,22). The number of hydrogen-bond donors (Lipinski definition) is 1. The second kappa shape index (κ2) is 11.1. The molecule has 0 bridgehead atoms.